The minimum absolute atomic E-state index is 0. The van der Waals surface area contributed by atoms with Crippen molar-refractivity contribution in [3.63, 3.8) is 0 Å². The van der Waals surface area contributed by atoms with Crippen LogP contribution in [0.2, 0.25) is 0 Å². The quantitative estimate of drug-likeness (QED) is 0.674. The van der Waals surface area contributed by atoms with Gasteiger partial charge in [-0.15, -0.1) is 17.5 Å². The van der Waals surface area contributed by atoms with Gasteiger partial charge in [0.15, 0.2) is 16.4 Å². The molecule has 0 aliphatic carbocycles. The van der Waals surface area contributed by atoms with Gasteiger partial charge in [0.25, 0.3) is 0 Å². The average molecular weight is 428 g/mol. The molecule has 1 N–H and O–H groups in total. The van der Waals surface area contributed by atoms with E-state index in [0.29, 0.717) is 6.54 Å². The molecule has 10 heteroatoms. The van der Waals surface area contributed by atoms with Crippen molar-refractivity contribution in [3.05, 3.63) is 47.0 Å². The minimum atomic E-state index is -4.02. The highest BCUT2D eigenvalue weighted by Gasteiger charge is 2.30. The number of anilines is 1. The van der Waals surface area contributed by atoms with Crippen LogP contribution in [0.25, 0.3) is 5.65 Å². The van der Waals surface area contributed by atoms with Gasteiger partial charge in [-0.1, -0.05) is 6.07 Å². The van der Waals surface area contributed by atoms with Crippen molar-refractivity contribution in [2.45, 2.75) is 30.2 Å². The highest BCUT2D eigenvalue weighted by molar-refractivity contribution is 7.91. The average Bonchev–Trinajstić information content (AvgIpc) is 2.97. The zero-order valence-corrected chi connectivity index (χ0v) is 17.9. The van der Waals surface area contributed by atoms with Gasteiger partial charge in [-0.2, -0.15) is 0 Å². The zero-order chi connectivity index (χ0) is 19.9. The molecule has 0 amide bonds. The Kier molecular flexibility index (Phi) is 6.32. The number of nitrogens with one attached hydrogen (secondary N) is 1. The lowest BCUT2D eigenvalue weighted by molar-refractivity contribution is 0.398. The van der Waals surface area contributed by atoms with E-state index in [4.69, 9.17) is 0 Å². The first kappa shape index (κ1) is 22.1. The van der Waals surface area contributed by atoms with E-state index in [1.165, 1.54) is 22.7 Å². The predicted molar refractivity (Wildman–Crippen MR) is 108 cm³/mol. The standard InChI is InChI=1S/C18H22FN5O2S.ClH/c1-11-15(10-23(4)5)12(2)24-18(21-11)16(17(20-3)22-24)27(25,26)14-8-6-7-13(19)9-14;/h6-9H,10H2,1-5H3,(H,20,22);1H. The Morgan fingerprint density at radius 2 is 1.93 bits per heavy atom. The van der Waals surface area contributed by atoms with Gasteiger partial charge in [-0.05, 0) is 46.1 Å². The summed E-state index contributed by atoms with van der Waals surface area (Å²) >= 11 is 0. The van der Waals surface area contributed by atoms with Crippen molar-refractivity contribution < 1.29 is 12.8 Å². The Balaban J connectivity index is 0.00000280. The normalized spacial score (nSPS) is 11.7. The molecule has 7 nitrogen and oxygen atoms in total. The van der Waals surface area contributed by atoms with E-state index in [1.54, 1.807) is 7.05 Å². The van der Waals surface area contributed by atoms with Crippen molar-refractivity contribution in [2.24, 2.45) is 0 Å². The number of aryl methyl sites for hydroxylation is 2. The molecule has 3 rings (SSSR count). The summed E-state index contributed by atoms with van der Waals surface area (Å²) in [4.78, 5) is 6.35. The fraction of sp³-hybridized carbons (Fsp3) is 0.333. The van der Waals surface area contributed by atoms with Crippen molar-refractivity contribution in [1.29, 1.82) is 0 Å². The molecule has 0 bridgehead atoms. The molecule has 0 fully saturated rings. The highest BCUT2D eigenvalue weighted by Crippen LogP contribution is 2.32. The maximum atomic E-state index is 13.6. The van der Waals surface area contributed by atoms with E-state index in [1.807, 2.05) is 32.8 Å². The monoisotopic (exact) mass is 427 g/mol. The van der Waals surface area contributed by atoms with Gasteiger partial charge in [0, 0.05) is 30.5 Å². The largest absolute Gasteiger partial charge is 0.370 e. The molecule has 3 aromatic rings. The van der Waals surface area contributed by atoms with Crippen LogP contribution in [-0.4, -0.2) is 49.1 Å². The Labute approximate surface area is 169 Å². The molecule has 2 aromatic heterocycles. The summed E-state index contributed by atoms with van der Waals surface area (Å²) in [6.45, 7) is 4.38. The van der Waals surface area contributed by atoms with Crippen LogP contribution in [0.1, 0.15) is 17.0 Å². The lowest BCUT2D eigenvalue weighted by Gasteiger charge is -2.15. The van der Waals surface area contributed by atoms with Crippen molar-refractivity contribution in [3.8, 4) is 0 Å². The third-order valence-electron chi connectivity index (χ3n) is 4.37. The van der Waals surface area contributed by atoms with Crippen LogP contribution in [0.3, 0.4) is 0 Å². The topological polar surface area (TPSA) is 79.6 Å². The molecule has 28 heavy (non-hydrogen) atoms. The van der Waals surface area contributed by atoms with E-state index in [9.17, 15) is 12.8 Å². The van der Waals surface area contributed by atoms with Gasteiger partial charge in [0.05, 0.1) is 4.90 Å². The lowest BCUT2D eigenvalue weighted by Crippen LogP contribution is -2.16. The molecule has 0 unspecified atom stereocenters. The maximum Gasteiger partial charge on any atom is 0.214 e. The van der Waals surface area contributed by atoms with Gasteiger partial charge in [0.2, 0.25) is 9.84 Å². The summed E-state index contributed by atoms with van der Waals surface area (Å²) in [7, 11) is 1.48. The van der Waals surface area contributed by atoms with Crippen molar-refractivity contribution in [1.82, 2.24) is 19.5 Å². The van der Waals surface area contributed by atoms with Crippen LogP contribution < -0.4 is 5.32 Å². The van der Waals surface area contributed by atoms with Crippen LogP contribution in [0, 0.1) is 19.7 Å². The number of hydrogen-bond acceptors (Lipinski definition) is 6. The van der Waals surface area contributed by atoms with Crippen LogP contribution in [0.4, 0.5) is 10.2 Å². The van der Waals surface area contributed by atoms with Crippen LogP contribution in [-0.2, 0) is 16.4 Å². The number of rotatable bonds is 5. The fourth-order valence-electron chi connectivity index (χ4n) is 3.05. The van der Waals surface area contributed by atoms with E-state index in [0.717, 1.165) is 23.0 Å². The summed E-state index contributed by atoms with van der Waals surface area (Å²) in [6.07, 6.45) is 0. The fourth-order valence-corrected chi connectivity index (χ4v) is 4.58. The Morgan fingerprint density at radius 3 is 2.50 bits per heavy atom. The molecule has 0 aliphatic heterocycles. The molecule has 0 spiro atoms. The number of hydrogen-bond donors (Lipinski definition) is 1. The molecule has 0 saturated heterocycles. The van der Waals surface area contributed by atoms with E-state index >= 15 is 0 Å². The minimum Gasteiger partial charge on any atom is -0.370 e. The Bertz CT molecular complexity index is 1130. The third-order valence-corrected chi connectivity index (χ3v) is 6.16. The van der Waals surface area contributed by atoms with Gasteiger partial charge in [-0.25, -0.2) is 22.3 Å². The second-order valence-corrected chi connectivity index (χ2v) is 8.51. The number of nitrogens with zero attached hydrogens (tertiary/aromatic N) is 4. The highest BCUT2D eigenvalue weighted by atomic mass is 35.5. The molecule has 0 saturated carbocycles. The smallest absolute Gasteiger partial charge is 0.214 e. The predicted octanol–water partition coefficient (Wildman–Crippen LogP) is 2.84. The Hall–Kier alpha value is -2.23. The van der Waals surface area contributed by atoms with Gasteiger partial charge < -0.3 is 10.2 Å². The second kappa shape index (κ2) is 8.02. The number of sulfone groups is 1. The summed E-state index contributed by atoms with van der Waals surface area (Å²) in [5.41, 5.74) is 2.74. The van der Waals surface area contributed by atoms with E-state index in [2.05, 4.69) is 15.4 Å². The summed E-state index contributed by atoms with van der Waals surface area (Å²) in [5, 5.41) is 7.23. The van der Waals surface area contributed by atoms with Gasteiger partial charge >= 0.3 is 0 Å². The van der Waals surface area contributed by atoms with Crippen LogP contribution in [0.15, 0.2) is 34.1 Å². The maximum absolute atomic E-state index is 13.6. The number of aromatic nitrogens is 3. The first-order valence-electron chi connectivity index (χ1n) is 8.38. The van der Waals surface area contributed by atoms with Gasteiger partial charge in [0.1, 0.15) is 5.82 Å². The molecule has 0 aliphatic rings. The molecule has 0 atom stereocenters. The molecular weight excluding hydrogens is 405 g/mol. The SMILES string of the molecule is CNc1nn2c(C)c(CN(C)C)c(C)nc2c1S(=O)(=O)c1cccc(F)c1.Cl. The van der Waals surface area contributed by atoms with E-state index < -0.39 is 15.7 Å². The molecular formula is C18H23ClFN5O2S. The summed E-state index contributed by atoms with van der Waals surface area (Å²) < 4.78 is 41.6. The first-order chi connectivity index (χ1) is 12.7. The summed E-state index contributed by atoms with van der Waals surface area (Å²) in [5.74, 6) is -0.441. The third kappa shape index (κ3) is 3.69. The van der Waals surface area contributed by atoms with Crippen LogP contribution in [0.5, 0.6) is 0 Å². The van der Waals surface area contributed by atoms with Crippen LogP contribution >= 0.6 is 12.4 Å². The number of halogens is 2. The van der Waals surface area contributed by atoms with E-state index in [-0.39, 0.29) is 33.7 Å². The Morgan fingerprint density at radius 1 is 1.25 bits per heavy atom. The first-order valence-corrected chi connectivity index (χ1v) is 9.87. The second-order valence-electron chi connectivity index (χ2n) is 6.62. The van der Waals surface area contributed by atoms with Crippen molar-refractivity contribution >= 4 is 33.7 Å². The lowest BCUT2D eigenvalue weighted by atomic mass is 10.1. The molecule has 2 heterocycles. The summed E-state index contributed by atoms with van der Waals surface area (Å²) in [6, 6.07) is 4.93. The number of benzene rings is 1. The molecule has 0 radical (unpaired) electrons. The van der Waals surface area contributed by atoms with Crippen molar-refractivity contribution in [2.75, 3.05) is 26.5 Å². The number of fused-ring (bicyclic) bond motifs is 1. The zero-order valence-electron chi connectivity index (χ0n) is 16.3. The van der Waals surface area contributed by atoms with Gasteiger partial charge in [-0.3, -0.25) is 0 Å². The molecule has 152 valence electrons. The molecule has 1 aromatic carbocycles.